The molecule has 0 spiro atoms. The Balaban J connectivity index is 1.79. The van der Waals surface area contributed by atoms with Gasteiger partial charge in [0, 0.05) is 30.2 Å². The fourth-order valence-electron chi connectivity index (χ4n) is 1.41. The average Bonchev–Trinajstić information content (AvgIpc) is 2.87. The Kier molecular flexibility index (Phi) is 5.01. The second-order valence-electron chi connectivity index (χ2n) is 3.69. The smallest absolute Gasteiger partial charge is 0.319 e. The normalized spacial score (nSPS) is 10.2. The quantitative estimate of drug-likeness (QED) is 0.901. The molecule has 0 saturated carbocycles. The molecule has 19 heavy (non-hydrogen) atoms. The molecule has 7 heteroatoms. The maximum Gasteiger partial charge on any atom is 0.319 e. The fraction of sp³-hybridized carbons (Fsp3) is 0.167. The molecule has 2 aromatic rings. The summed E-state index contributed by atoms with van der Waals surface area (Å²) in [6.45, 7) is 0.528. The zero-order valence-electron chi connectivity index (χ0n) is 9.82. The lowest BCUT2D eigenvalue weighted by molar-refractivity contribution is 0.252. The van der Waals surface area contributed by atoms with Crippen molar-refractivity contribution in [2.24, 2.45) is 0 Å². The number of aromatic nitrogens is 1. The highest BCUT2D eigenvalue weighted by atomic mass is 35.5. The van der Waals surface area contributed by atoms with E-state index < -0.39 is 0 Å². The van der Waals surface area contributed by atoms with Gasteiger partial charge in [-0.05, 0) is 18.2 Å². The summed E-state index contributed by atoms with van der Waals surface area (Å²) in [5.41, 5.74) is 0.598. The van der Waals surface area contributed by atoms with Gasteiger partial charge in [-0.25, -0.2) is 9.78 Å². The van der Waals surface area contributed by atoms with Gasteiger partial charge >= 0.3 is 6.03 Å². The molecule has 2 amide bonds. The van der Waals surface area contributed by atoms with Crippen LogP contribution >= 0.6 is 34.5 Å². The molecule has 0 radical (unpaired) electrons. The van der Waals surface area contributed by atoms with E-state index in [0.717, 1.165) is 5.01 Å². The third-order valence-electron chi connectivity index (χ3n) is 2.29. The van der Waals surface area contributed by atoms with Gasteiger partial charge in [-0.3, -0.25) is 0 Å². The number of amides is 2. The number of hydrogen-bond acceptors (Lipinski definition) is 3. The van der Waals surface area contributed by atoms with Crippen LogP contribution in [0.5, 0.6) is 0 Å². The van der Waals surface area contributed by atoms with E-state index in [9.17, 15) is 4.79 Å². The molecule has 2 N–H and O–H groups in total. The molecule has 0 saturated heterocycles. The highest BCUT2D eigenvalue weighted by Crippen LogP contribution is 2.24. The number of urea groups is 1. The molecule has 0 aliphatic carbocycles. The molecule has 0 unspecified atom stereocenters. The van der Waals surface area contributed by atoms with Crippen molar-refractivity contribution in [2.75, 3.05) is 11.9 Å². The van der Waals surface area contributed by atoms with Gasteiger partial charge in [0.15, 0.2) is 0 Å². The second kappa shape index (κ2) is 6.75. The number of nitrogens with zero attached hydrogens (tertiary/aromatic N) is 1. The Labute approximate surface area is 124 Å². The minimum atomic E-state index is -0.282. The van der Waals surface area contributed by atoms with Crippen molar-refractivity contribution < 1.29 is 4.79 Å². The van der Waals surface area contributed by atoms with Crippen molar-refractivity contribution in [3.05, 3.63) is 44.8 Å². The summed E-state index contributed by atoms with van der Waals surface area (Å²) >= 11 is 13.2. The van der Waals surface area contributed by atoms with Gasteiger partial charge in [0.05, 0.1) is 15.1 Å². The highest BCUT2D eigenvalue weighted by Gasteiger charge is 2.04. The van der Waals surface area contributed by atoms with Gasteiger partial charge in [0.1, 0.15) is 0 Å². The lowest BCUT2D eigenvalue weighted by Gasteiger charge is -2.07. The molecule has 1 heterocycles. The van der Waals surface area contributed by atoms with Crippen molar-refractivity contribution in [3.8, 4) is 0 Å². The number of carbonyl (C=O) groups is 1. The summed E-state index contributed by atoms with van der Waals surface area (Å²) in [7, 11) is 0. The van der Waals surface area contributed by atoms with Crippen LogP contribution in [0.25, 0.3) is 0 Å². The minimum absolute atomic E-state index is 0.282. The Morgan fingerprint density at radius 1 is 1.32 bits per heavy atom. The van der Waals surface area contributed by atoms with Gasteiger partial charge in [0.25, 0.3) is 0 Å². The van der Waals surface area contributed by atoms with Crippen LogP contribution in [0, 0.1) is 0 Å². The predicted molar refractivity (Wildman–Crippen MR) is 79.3 cm³/mol. The maximum atomic E-state index is 11.6. The Hall–Kier alpha value is -1.30. The monoisotopic (exact) mass is 315 g/mol. The molecule has 0 aliphatic rings. The van der Waals surface area contributed by atoms with E-state index >= 15 is 0 Å². The van der Waals surface area contributed by atoms with E-state index in [4.69, 9.17) is 23.2 Å². The second-order valence-corrected chi connectivity index (χ2v) is 5.48. The maximum absolute atomic E-state index is 11.6. The van der Waals surface area contributed by atoms with Crippen LogP contribution < -0.4 is 10.6 Å². The van der Waals surface area contributed by atoms with Crippen molar-refractivity contribution in [1.29, 1.82) is 0 Å². The van der Waals surface area contributed by atoms with E-state index in [1.54, 1.807) is 35.7 Å². The summed E-state index contributed by atoms with van der Waals surface area (Å²) in [5, 5.41) is 9.19. The van der Waals surface area contributed by atoms with Crippen LogP contribution in [-0.4, -0.2) is 17.6 Å². The van der Waals surface area contributed by atoms with Gasteiger partial charge in [0.2, 0.25) is 0 Å². The highest BCUT2D eigenvalue weighted by molar-refractivity contribution is 7.09. The predicted octanol–water partition coefficient (Wildman–Crippen LogP) is 3.81. The van der Waals surface area contributed by atoms with Crippen molar-refractivity contribution in [2.45, 2.75) is 6.42 Å². The molecule has 1 aromatic heterocycles. The van der Waals surface area contributed by atoms with Crippen LogP contribution in [-0.2, 0) is 6.42 Å². The number of rotatable bonds is 4. The number of hydrogen-bond donors (Lipinski definition) is 2. The molecule has 0 atom stereocenters. The first-order valence-corrected chi connectivity index (χ1v) is 7.17. The first-order valence-electron chi connectivity index (χ1n) is 5.53. The lowest BCUT2D eigenvalue weighted by atomic mass is 10.3. The van der Waals surface area contributed by atoms with Crippen LogP contribution in [0.4, 0.5) is 10.5 Å². The summed E-state index contributed by atoms with van der Waals surface area (Å²) in [6, 6.07) is 4.64. The Bertz CT molecular complexity index is 560. The number of anilines is 1. The van der Waals surface area contributed by atoms with Gasteiger partial charge in [-0.2, -0.15) is 0 Å². The van der Waals surface area contributed by atoms with Gasteiger partial charge in [-0.15, -0.1) is 11.3 Å². The molecule has 2 rings (SSSR count). The Morgan fingerprint density at radius 3 is 2.84 bits per heavy atom. The summed E-state index contributed by atoms with van der Waals surface area (Å²) in [5.74, 6) is 0. The lowest BCUT2D eigenvalue weighted by Crippen LogP contribution is -2.30. The standard InChI is InChI=1S/C12H11Cl2N3OS/c13-9-2-1-8(7-10(9)14)17-12(18)16-4-3-11-15-5-6-19-11/h1-2,5-7H,3-4H2,(H2,16,17,18). The number of thiazole rings is 1. The van der Waals surface area contributed by atoms with Crippen LogP contribution in [0.15, 0.2) is 29.8 Å². The van der Waals surface area contributed by atoms with Crippen molar-refractivity contribution in [1.82, 2.24) is 10.3 Å². The summed E-state index contributed by atoms with van der Waals surface area (Å²) < 4.78 is 0. The number of benzene rings is 1. The molecular formula is C12H11Cl2N3OS. The average molecular weight is 316 g/mol. The molecule has 0 aliphatic heterocycles. The van der Waals surface area contributed by atoms with Crippen molar-refractivity contribution in [3.63, 3.8) is 0 Å². The third kappa shape index (κ3) is 4.38. The SMILES string of the molecule is O=C(NCCc1nccs1)Nc1ccc(Cl)c(Cl)c1. The van der Waals surface area contributed by atoms with Crippen LogP contribution in [0.1, 0.15) is 5.01 Å². The van der Waals surface area contributed by atoms with E-state index in [2.05, 4.69) is 15.6 Å². The number of nitrogens with one attached hydrogen (secondary N) is 2. The molecular weight excluding hydrogens is 305 g/mol. The van der Waals surface area contributed by atoms with E-state index in [0.29, 0.717) is 28.7 Å². The van der Waals surface area contributed by atoms with Gasteiger partial charge in [-0.1, -0.05) is 23.2 Å². The van der Waals surface area contributed by atoms with E-state index in [1.165, 1.54) is 0 Å². The Morgan fingerprint density at radius 2 is 2.16 bits per heavy atom. The molecule has 100 valence electrons. The molecule has 0 fully saturated rings. The first-order chi connectivity index (χ1) is 9.15. The van der Waals surface area contributed by atoms with Crippen LogP contribution in [0.2, 0.25) is 10.0 Å². The summed E-state index contributed by atoms with van der Waals surface area (Å²) in [4.78, 5) is 15.8. The van der Waals surface area contributed by atoms with E-state index in [1.807, 2.05) is 5.38 Å². The summed E-state index contributed by atoms with van der Waals surface area (Å²) in [6.07, 6.45) is 2.46. The zero-order valence-corrected chi connectivity index (χ0v) is 12.1. The zero-order chi connectivity index (χ0) is 13.7. The number of carbonyl (C=O) groups excluding carboxylic acids is 1. The topological polar surface area (TPSA) is 54.0 Å². The van der Waals surface area contributed by atoms with Gasteiger partial charge < -0.3 is 10.6 Å². The molecule has 0 bridgehead atoms. The molecule has 1 aromatic carbocycles. The fourth-order valence-corrected chi connectivity index (χ4v) is 2.33. The third-order valence-corrected chi connectivity index (χ3v) is 3.86. The van der Waals surface area contributed by atoms with Crippen LogP contribution in [0.3, 0.4) is 0 Å². The van der Waals surface area contributed by atoms with Crippen molar-refractivity contribution >= 4 is 46.3 Å². The molecule has 4 nitrogen and oxygen atoms in total. The number of halogens is 2. The largest absolute Gasteiger partial charge is 0.337 e. The first kappa shape index (κ1) is 14.1. The van der Waals surface area contributed by atoms with E-state index in [-0.39, 0.29) is 6.03 Å². The minimum Gasteiger partial charge on any atom is -0.337 e.